The molecule has 0 spiro atoms. The Balaban J connectivity index is 2.79. The first-order chi connectivity index (χ1) is 6.53. The molecule has 0 amide bonds. The molecule has 1 aromatic rings. The molecule has 14 heavy (non-hydrogen) atoms. The molecule has 6 heteroatoms. The lowest BCUT2D eigenvalue weighted by atomic mass is 10.4. The van der Waals surface area contributed by atoms with Gasteiger partial charge in [-0.3, -0.25) is 4.72 Å². The van der Waals surface area contributed by atoms with Gasteiger partial charge < -0.3 is 5.11 Å². The Morgan fingerprint density at radius 2 is 2.21 bits per heavy atom. The quantitative estimate of drug-likeness (QED) is 0.749. The van der Waals surface area contributed by atoms with Crippen molar-refractivity contribution < 1.29 is 13.5 Å². The maximum atomic E-state index is 11.2. The summed E-state index contributed by atoms with van der Waals surface area (Å²) in [6.45, 7) is 1.37. The van der Waals surface area contributed by atoms with E-state index in [4.69, 9.17) is 5.11 Å². The van der Waals surface area contributed by atoms with Crippen LogP contribution in [0.3, 0.4) is 0 Å². The van der Waals surface area contributed by atoms with Gasteiger partial charge in [0.25, 0.3) is 0 Å². The summed E-state index contributed by atoms with van der Waals surface area (Å²) in [5, 5.41) is 8.49. The highest BCUT2D eigenvalue weighted by molar-refractivity contribution is 7.92. The van der Waals surface area contributed by atoms with Crippen molar-refractivity contribution in [3.05, 3.63) is 23.9 Å². The Kier molecular flexibility index (Phi) is 3.43. The average molecular weight is 216 g/mol. The number of anilines is 1. The summed E-state index contributed by atoms with van der Waals surface area (Å²) in [4.78, 5) is 3.97. The fourth-order valence-corrected chi connectivity index (χ4v) is 1.71. The molecule has 78 valence electrons. The van der Waals surface area contributed by atoms with E-state index in [2.05, 4.69) is 9.71 Å². The molecule has 1 aromatic heterocycles. The topological polar surface area (TPSA) is 79.3 Å². The van der Waals surface area contributed by atoms with Gasteiger partial charge in [-0.25, -0.2) is 13.4 Å². The van der Waals surface area contributed by atoms with Gasteiger partial charge in [0, 0.05) is 5.69 Å². The van der Waals surface area contributed by atoms with Crippen LogP contribution in [-0.4, -0.2) is 30.9 Å². The minimum Gasteiger partial charge on any atom is -0.395 e. The molecule has 5 nitrogen and oxygen atoms in total. The SMILES string of the molecule is Cc1cccc(NS(=O)(=O)CCO)n1. The zero-order valence-corrected chi connectivity index (χ0v) is 8.58. The molecular weight excluding hydrogens is 204 g/mol. The lowest BCUT2D eigenvalue weighted by molar-refractivity contribution is 0.320. The van der Waals surface area contributed by atoms with Gasteiger partial charge in [-0.2, -0.15) is 0 Å². The number of sulfonamides is 1. The van der Waals surface area contributed by atoms with Gasteiger partial charge in [-0.05, 0) is 19.1 Å². The summed E-state index contributed by atoms with van der Waals surface area (Å²) in [7, 11) is -3.46. The third-order valence-corrected chi connectivity index (χ3v) is 2.75. The fraction of sp³-hybridized carbons (Fsp3) is 0.375. The smallest absolute Gasteiger partial charge is 0.236 e. The number of nitrogens with zero attached hydrogens (tertiary/aromatic N) is 1. The van der Waals surface area contributed by atoms with Gasteiger partial charge in [0.1, 0.15) is 5.82 Å². The summed E-state index contributed by atoms with van der Waals surface area (Å²) in [5.74, 6) is -0.0405. The van der Waals surface area contributed by atoms with Gasteiger partial charge in [-0.15, -0.1) is 0 Å². The van der Waals surface area contributed by atoms with Crippen LogP contribution >= 0.6 is 0 Å². The van der Waals surface area contributed by atoms with Crippen molar-refractivity contribution in [3.63, 3.8) is 0 Å². The number of hydrogen-bond acceptors (Lipinski definition) is 4. The van der Waals surface area contributed by atoms with Crippen LogP contribution in [0.1, 0.15) is 5.69 Å². The predicted molar refractivity (Wildman–Crippen MR) is 53.5 cm³/mol. The lowest BCUT2D eigenvalue weighted by Gasteiger charge is -2.05. The number of aliphatic hydroxyl groups is 1. The molecule has 0 bridgehead atoms. The Labute approximate surface area is 82.9 Å². The van der Waals surface area contributed by atoms with Crippen LogP contribution < -0.4 is 4.72 Å². The first kappa shape index (κ1) is 10.9. The van der Waals surface area contributed by atoms with Crippen LogP contribution in [0.2, 0.25) is 0 Å². The van der Waals surface area contributed by atoms with Crippen molar-refractivity contribution in [3.8, 4) is 0 Å². The minimum absolute atomic E-state index is 0.276. The van der Waals surface area contributed by atoms with Crippen LogP contribution in [0.4, 0.5) is 5.82 Å². The molecule has 0 aliphatic heterocycles. The average Bonchev–Trinajstić information content (AvgIpc) is 2.02. The van der Waals surface area contributed by atoms with E-state index < -0.39 is 16.6 Å². The monoisotopic (exact) mass is 216 g/mol. The molecule has 0 fully saturated rings. The first-order valence-corrected chi connectivity index (χ1v) is 5.74. The Bertz CT molecular complexity index is 403. The van der Waals surface area contributed by atoms with Gasteiger partial charge in [0.05, 0.1) is 12.4 Å². The molecule has 1 rings (SSSR count). The normalized spacial score (nSPS) is 11.3. The van der Waals surface area contributed by atoms with E-state index >= 15 is 0 Å². The molecule has 1 heterocycles. The van der Waals surface area contributed by atoms with Crippen LogP contribution in [0.5, 0.6) is 0 Å². The van der Waals surface area contributed by atoms with Gasteiger partial charge in [0.15, 0.2) is 0 Å². The molecule has 0 saturated heterocycles. The minimum atomic E-state index is -3.46. The number of aromatic nitrogens is 1. The zero-order chi connectivity index (χ0) is 10.6. The number of aryl methyl sites for hydroxylation is 1. The van der Waals surface area contributed by atoms with E-state index in [9.17, 15) is 8.42 Å². The van der Waals surface area contributed by atoms with Crippen LogP contribution in [0.25, 0.3) is 0 Å². The van der Waals surface area contributed by atoms with Crippen LogP contribution in [0.15, 0.2) is 18.2 Å². The van der Waals surface area contributed by atoms with Crippen molar-refractivity contribution in [2.24, 2.45) is 0 Å². The lowest BCUT2D eigenvalue weighted by Crippen LogP contribution is -2.19. The largest absolute Gasteiger partial charge is 0.395 e. The summed E-state index contributed by atoms with van der Waals surface area (Å²) >= 11 is 0. The number of nitrogens with one attached hydrogen (secondary N) is 1. The van der Waals surface area contributed by atoms with E-state index in [0.717, 1.165) is 5.69 Å². The first-order valence-electron chi connectivity index (χ1n) is 4.08. The predicted octanol–water partition coefficient (Wildman–Crippen LogP) is 0.124. The highest BCUT2D eigenvalue weighted by Crippen LogP contribution is 2.06. The standard InChI is InChI=1S/C8H12N2O3S/c1-7-3-2-4-8(9-7)10-14(12,13)6-5-11/h2-4,11H,5-6H2,1H3,(H,9,10). The van der Waals surface area contributed by atoms with E-state index in [0.29, 0.717) is 0 Å². The van der Waals surface area contributed by atoms with Crippen molar-refractivity contribution in [2.45, 2.75) is 6.92 Å². The Morgan fingerprint density at radius 3 is 2.79 bits per heavy atom. The van der Waals surface area contributed by atoms with Gasteiger partial charge in [-0.1, -0.05) is 6.07 Å². The number of aliphatic hydroxyl groups excluding tert-OH is 1. The molecule has 2 N–H and O–H groups in total. The molecule has 0 aliphatic carbocycles. The second kappa shape index (κ2) is 4.39. The fourth-order valence-electron chi connectivity index (χ4n) is 0.930. The summed E-state index contributed by atoms with van der Waals surface area (Å²) in [6, 6.07) is 5.03. The molecule has 0 saturated carbocycles. The maximum Gasteiger partial charge on any atom is 0.236 e. The number of hydrogen-bond donors (Lipinski definition) is 2. The van der Waals surface area contributed by atoms with Crippen LogP contribution in [-0.2, 0) is 10.0 Å². The highest BCUT2D eigenvalue weighted by atomic mass is 32.2. The molecule has 0 aliphatic rings. The third kappa shape index (κ3) is 3.31. The zero-order valence-electron chi connectivity index (χ0n) is 7.77. The maximum absolute atomic E-state index is 11.2. The number of rotatable bonds is 4. The van der Waals surface area contributed by atoms with Gasteiger partial charge in [0.2, 0.25) is 10.0 Å². The van der Waals surface area contributed by atoms with E-state index in [1.807, 2.05) is 0 Å². The summed E-state index contributed by atoms with van der Waals surface area (Å²) in [5.41, 5.74) is 0.731. The second-order valence-corrected chi connectivity index (χ2v) is 4.65. The molecule has 0 atom stereocenters. The van der Waals surface area contributed by atoms with Crippen LogP contribution in [0, 0.1) is 6.92 Å². The molecule has 0 aromatic carbocycles. The summed E-state index contributed by atoms with van der Waals surface area (Å²) in [6.07, 6.45) is 0. The van der Waals surface area contributed by atoms with Crippen molar-refractivity contribution in [1.82, 2.24) is 4.98 Å². The Hall–Kier alpha value is -1.14. The Morgan fingerprint density at radius 1 is 1.50 bits per heavy atom. The van der Waals surface area contributed by atoms with E-state index in [-0.39, 0.29) is 11.6 Å². The van der Waals surface area contributed by atoms with Crippen molar-refractivity contribution in [2.75, 3.05) is 17.1 Å². The molecule has 0 radical (unpaired) electrons. The van der Waals surface area contributed by atoms with Crippen molar-refractivity contribution >= 4 is 15.8 Å². The highest BCUT2D eigenvalue weighted by Gasteiger charge is 2.09. The molecule has 0 unspecified atom stereocenters. The number of pyridine rings is 1. The van der Waals surface area contributed by atoms with E-state index in [1.165, 1.54) is 0 Å². The molecular formula is C8H12N2O3S. The third-order valence-electron chi connectivity index (χ3n) is 1.51. The van der Waals surface area contributed by atoms with Crippen molar-refractivity contribution in [1.29, 1.82) is 0 Å². The van der Waals surface area contributed by atoms with E-state index in [1.54, 1.807) is 25.1 Å². The summed E-state index contributed by atoms with van der Waals surface area (Å²) < 4.78 is 24.7. The second-order valence-electron chi connectivity index (χ2n) is 2.81. The van der Waals surface area contributed by atoms with Gasteiger partial charge >= 0.3 is 0 Å².